The van der Waals surface area contributed by atoms with E-state index in [9.17, 15) is 22.8 Å². The number of nitrogens with zero attached hydrogens (tertiary/aromatic N) is 2. The van der Waals surface area contributed by atoms with Crippen molar-refractivity contribution < 1.29 is 22.8 Å². The Morgan fingerprint density at radius 2 is 1.54 bits per heavy atom. The smallest absolute Gasteiger partial charge is 0.372 e. The normalized spacial score (nSPS) is 13.6. The minimum atomic E-state index is -4.44. The largest absolute Gasteiger partial charge is 0.416 e. The second kappa shape index (κ2) is 11.9. The van der Waals surface area contributed by atoms with Crippen LogP contribution in [0.1, 0.15) is 51.2 Å². The topological polar surface area (TPSA) is 66.4 Å². The molecule has 6 nitrogen and oxygen atoms in total. The van der Waals surface area contributed by atoms with E-state index < -0.39 is 17.6 Å². The van der Waals surface area contributed by atoms with Gasteiger partial charge in [0.25, 0.3) is 11.8 Å². The molecular formula is C32H31F3N4O2. The summed E-state index contributed by atoms with van der Waals surface area (Å²) in [5.41, 5.74) is 3.52. The Bertz CT molecular complexity index is 1520. The summed E-state index contributed by atoms with van der Waals surface area (Å²) < 4.78 is 40.6. The molecule has 1 aliphatic heterocycles. The predicted molar refractivity (Wildman–Crippen MR) is 154 cm³/mol. The van der Waals surface area contributed by atoms with Gasteiger partial charge in [0, 0.05) is 44.1 Å². The number of aryl methyl sites for hydroxylation is 1. The standard InChI is InChI=1S/C32H31F3N4O2/c1-38-21-25(19-29(38)31(41)36-20-22-9-15-26(16-10-22)39-17-5-2-6-18-39)37-30(40)28-8-4-3-7-27(28)23-11-13-24(14-12-23)32(33,34)35/h3-4,7-16,19,21H,2,5-6,17-18,20H2,1H3,(H,36,41)(H,37,40). The first-order valence-corrected chi connectivity index (χ1v) is 13.6. The van der Waals surface area contributed by atoms with Crippen LogP contribution >= 0.6 is 0 Å². The highest BCUT2D eigenvalue weighted by Crippen LogP contribution is 2.32. The molecule has 1 saturated heterocycles. The number of carbonyl (C=O) groups excluding carboxylic acids is 2. The molecule has 1 fully saturated rings. The third-order valence-corrected chi connectivity index (χ3v) is 7.30. The number of anilines is 2. The monoisotopic (exact) mass is 560 g/mol. The maximum Gasteiger partial charge on any atom is 0.416 e. The van der Waals surface area contributed by atoms with Gasteiger partial charge < -0.3 is 20.1 Å². The Labute approximate surface area is 236 Å². The maximum atomic E-state index is 13.2. The van der Waals surface area contributed by atoms with E-state index in [1.165, 1.54) is 37.1 Å². The second-order valence-corrected chi connectivity index (χ2v) is 10.2. The number of hydrogen-bond acceptors (Lipinski definition) is 3. The molecule has 0 spiro atoms. The van der Waals surface area contributed by atoms with Crippen LogP contribution in [0.15, 0.2) is 85.1 Å². The highest BCUT2D eigenvalue weighted by molar-refractivity contribution is 6.09. The van der Waals surface area contributed by atoms with Gasteiger partial charge in [0.2, 0.25) is 0 Å². The highest BCUT2D eigenvalue weighted by Gasteiger charge is 2.30. The van der Waals surface area contributed by atoms with Crippen LogP contribution in [-0.2, 0) is 19.8 Å². The lowest BCUT2D eigenvalue weighted by atomic mass is 9.98. The fourth-order valence-corrected chi connectivity index (χ4v) is 5.08. The number of carbonyl (C=O) groups is 2. The van der Waals surface area contributed by atoms with Gasteiger partial charge in [-0.15, -0.1) is 0 Å². The van der Waals surface area contributed by atoms with Crippen LogP contribution in [0.2, 0.25) is 0 Å². The first-order chi connectivity index (χ1) is 19.7. The van der Waals surface area contributed by atoms with Gasteiger partial charge in [-0.1, -0.05) is 42.5 Å². The molecule has 0 aliphatic carbocycles. The van der Waals surface area contributed by atoms with Gasteiger partial charge in [0.05, 0.1) is 11.3 Å². The Balaban J connectivity index is 1.23. The summed E-state index contributed by atoms with van der Waals surface area (Å²) >= 11 is 0. The van der Waals surface area contributed by atoms with Crippen molar-refractivity contribution in [2.24, 2.45) is 7.05 Å². The van der Waals surface area contributed by atoms with Gasteiger partial charge in [-0.3, -0.25) is 9.59 Å². The number of hydrogen-bond donors (Lipinski definition) is 2. The lowest BCUT2D eigenvalue weighted by Gasteiger charge is -2.28. The zero-order valence-corrected chi connectivity index (χ0v) is 22.7. The van der Waals surface area contributed by atoms with Crippen LogP contribution in [0.5, 0.6) is 0 Å². The third-order valence-electron chi connectivity index (χ3n) is 7.30. The summed E-state index contributed by atoms with van der Waals surface area (Å²) in [6, 6.07) is 21.2. The van der Waals surface area contributed by atoms with Gasteiger partial charge in [0.1, 0.15) is 5.69 Å². The molecule has 212 valence electrons. The zero-order chi connectivity index (χ0) is 29.0. The number of piperidine rings is 1. The minimum Gasteiger partial charge on any atom is -0.372 e. The van der Waals surface area contributed by atoms with Crippen molar-refractivity contribution in [2.45, 2.75) is 32.0 Å². The highest BCUT2D eigenvalue weighted by atomic mass is 19.4. The average molecular weight is 561 g/mol. The van der Waals surface area contributed by atoms with E-state index >= 15 is 0 Å². The van der Waals surface area contributed by atoms with E-state index in [1.807, 2.05) is 12.1 Å². The van der Waals surface area contributed by atoms with Crippen molar-refractivity contribution in [1.82, 2.24) is 9.88 Å². The van der Waals surface area contributed by atoms with Gasteiger partial charge in [-0.25, -0.2) is 0 Å². The molecule has 1 aliphatic rings. The summed E-state index contributed by atoms with van der Waals surface area (Å²) in [5, 5.41) is 5.74. The summed E-state index contributed by atoms with van der Waals surface area (Å²) in [4.78, 5) is 28.5. The number of rotatable bonds is 7. The maximum absolute atomic E-state index is 13.2. The molecule has 4 aromatic rings. The van der Waals surface area contributed by atoms with Crippen LogP contribution in [0.25, 0.3) is 11.1 Å². The van der Waals surface area contributed by atoms with Gasteiger partial charge in [-0.05, 0) is 72.4 Å². The molecule has 1 aromatic heterocycles. The fourth-order valence-electron chi connectivity index (χ4n) is 5.08. The Kier molecular flexibility index (Phi) is 8.14. The lowest BCUT2D eigenvalue weighted by Crippen LogP contribution is -2.29. The van der Waals surface area contributed by atoms with E-state index in [0.29, 0.717) is 34.6 Å². The third kappa shape index (κ3) is 6.62. The minimum absolute atomic E-state index is 0.279. The number of amides is 2. The zero-order valence-electron chi connectivity index (χ0n) is 22.7. The second-order valence-electron chi connectivity index (χ2n) is 10.2. The van der Waals surface area contributed by atoms with E-state index in [1.54, 1.807) is 48.1 Å². The SMILES string of the molecule is Cn1cc(NC(=O)c2ccccc2-c2ccc(C(F)(F)F)cc2)cc1C(=O)NCc1ccc(N2CCCCC2)cc1. The summed E-state index contributed by atoms with van der Waals surface area (Å²) in [5.74, 6) is -0.717. The summed E-state index contributed by atoms with van der Waals surface area (Å²) in [6.07, 6.45) is 0.900. The van der Waals surface area contributed by atoms with Crippen molar-refractivity contribution >= 4 is 23.2 Å². The van der Waals surface area contributed by atoms with E-state index in [4.69, 9.17) is 0 Å². The van der Waals surface area contributed by atoms with Gasteiger partial charge in [-0.2, -0.15) is 13.2 Å². The number of alkyl halides is 3. The molecule has 41 heavy (non-hydrogen) atoms. The molecule has 0 radical (unpaired) electrons. The Morgan fingerprint density at radius 3 is 2.22 bits per heavy atom. The van der Waals surface area contributed by atoms with E-state index in [2.05, 4.69) is 27.7 Å². The van der Waals surface area contributed by atoms with Crippen molar-refractivity contribution in [2.75, 3.05) is 23.3 Å². The van der Waals surface area contributed by atoms with Crippen molar-refractivity contribution in [3.63, 3.8) is 0 Å². The van der Waals surface area contributed by atoms with Crippen LogP contribution in [0, 0.1) is 0 Å². The quantitative estimate of drug-likeness (QED) is 0.259. The predicted octanol–water partition coefficient (Wildman–Crippen LogP) is 6.88. The molecule has 0 bridgehead atoms. The van der Waals surface area contributed by atoms with Crippen molar-refractivity contribution in [1.29, 1.82) is 0 Å². The van der Waals surface area contributed by atoms with Crippen molar-refractivity contribution in [3.8, 4) is 11.1 Å². The van der Waals surface area contributed by atoms with Gasteiger partial charge >= 0.3 is 6.18 Å². The van der Waals surface area contributed by atoms with Gasteiger partial charge in [0.15, 0.2) is 0 Å². The molecule has 9 heteroatoms. The first kappa shape index (κ1) is 28.0. The average Bonchev–Trinajstić information content (AvgIpc) is 3.35. The lowest BCUT2D eigenvalue weighted by molar-refractivity contribution is -0.137. The van der Waals surface area contributed by atoms with Crippen LogP contribution < -0.4 is 15.5 Å². The molecule has 2 N–H and O–H groups in total. The van der Waals surface area contributed by atoms with E-state index in [0.717, 1.165) is 30.8 Å². The molecular weight excluding hydrogens is 529 g/mol. The number of nitrogens with one attached hydrogen (secondary N) is 2. The van der Waals surface area contributed by atoms with Crippen molar-refractivity contribution in [3.05, 3.63) is 107 Å². The van der Waals surface area contributed by atoms with E-state index in [-0.39, 0.29) is 5.91 Å². The summed E-state index contributed by atoms with van der Waals surface area (Å²) in [7, 11) is 1.72. The number of benzene rings is 3. The molecule has 2 amide bonds. The van der Waals surface area contributed by atoms with Crippen LogP contribution in [-0.4, -0.2) is 29.5 Å². The first-order valence-electron chi connectivity index (χ1n) is 13.6. The number of halogens is 3. The molecule has 0 unspecified atom stereocenters. The van der Waals surface area contributed by atoms with Crippen LogP contribution in [0.4, 0.5) is 24.5 Å². The van der Waals surface area contributed by atoms with Crippen LogP contribution in [0.3, 0.4) is 0 Å². The molecule has 0 saturated carbocycles. The number of aromatic nitrogens is 1. The molecule has 5 rings (SSSR count). The summed E-state index contributed by atoms with van der Waals surface area (Å²) in [6.45, 7) is 2.51. The Hall–Kier alpha value is -4.53. The molecule has 2 heterocycles. The molecule has 3 aromatic carbocycles. The molecule has 0 atom stereocenters. The fraction of sp³-hybridized carbons (Fsp3) is 0.250. The Morgan fingerprint density at radius 1 is 0.854 bits per heavy atom.